The zero-order chi connectivity index (χ0) is 8.65. The van der Waals surface area contributed by atoms with Crippen LogP contribution in [0.25, 0.3) is 0 Å². The summed E-state index contributed by atoms with van der Waals surface area (Å²) in [6, 6.07) is 3.64. The standard InChI is InChI=1S/C9H13NO2/c1-2-3-7-12-10-8-9-5-4-6-11-9/h4-6,8H,2-3,7H2,1H3/b10-8+. The lowest BCUT2D eigenvalue weighted by Gasteiger charge is -1.93. The fraction of sp³-hybridized carbons (Fsp3) is 0.444. The molecule has 3 nitrogen and oxygen atoms in total. The van der Waals surface area contributed by atoms with E-state index in [1.165, 1.54) is 0 Å². The molecule has 1 heterocycles. The molecule has 0 aromatic carbocycles. The van der Waals surface area contributed by atoms with Gasteiger partial charge in [0.2, 0.25) is 0 Å². The quantitative estimate of drug-likeness (QED) is 0.383. The minimum absolute atomic E-state index is 0.674. The Morgan fingerprint density at radius 2 is 2.58 bits per heavy atom. The van der Waals surface area contributed by atoms with Gasteiger partial charge in [-0.3, -0.25) is 0 Å². The Bertz CT molecular complexity index is 216. The van der Waals surface area contributed by atoms with E-state index >= 15 is 0 Å². The summed E-state index contributed by atoms with van der Waals surface area (Å²) in [5.41, 5.74) is 0. The van der Waals surface area contributed by atoms with Crippen molar-refractivity contribution in [2.45, 2.75) is 19.8 Å². The van der Waals surface area contributed by atoms with Crippen molar-refractivity contribution in [2.75, 3.05) is 6.61 Å². The van der Waals surface area contributed by atoms with Gasteiger partial charge in [0.05, 0.1) is 6.26 Å². The molecule has 0 atom stereocenters. The Hall–Kier alpha value is -1.25. The monoisotopic (exact) mass is 167 g/mol. The average Bonchev–Trinajstić information content (AvgIpc) is 2.57. The van der Waals surface area contributed by atoms with Crippen molar-refractivity contribution < 1.29 is 9.25 Å². The van der Waals surface area contributed by atoms with Crippen LogP contribution in [0.1, 0.15) is 25.5 Å². The van der Waals surface area contributed by atoms with Gasteiger partial charge in [0.25, 0.3) is 0 Å². The van der Waals surface area contributed by atoms with Crippen LogP contribution in [-0.4, -0.2) is 12.8 Å². The second kappa shape index (κ2) is 5.41. The van der Waals surface area contributed by atoms with E-state index in [9.17, 15) is 0 Å². The summed E-state index contributed by atoms with van der Waals surface area (Å²) >= 11 is 0. The topological polar surface area (TPSA) is 34.7 Å². The van der Waals surface area contributed by atoms with Crippen molar-refractivity contribution >= 4 is 6.21 Å². The minimum atomic E-state index is 0.674. The lowest BCUT2D eigenvalue weighted by Crippen LogP contribution is -1.86. The van der Waals surface area contributed by atoms with Gasteiger partial charge >= 0.3 is 0 Å². The van der Waals surface area contributed by atoms with Crippen LogP contribution in [-0.2, 0) is 4.84 Å². The molecule has 0 saturated heterocycles. The fourth-order valence-electron chi connectivity index (χ4n) is 0.716. The van der Waals surface area contributed by atoms with Crippen LogP contribution in [0.3, 0.4) is 0 Å². The predicted octanol–water partition coefficient (Wildman–Crippen LogP) is 2.43. The average molecular weight is 167 g/mol. The van der Waals surface area contributed by atoms with Crippen LogP contribution in [0.15, 0.2) is 28.0 Å². The van der Waals surface area contributed by atoms with Crippen molar-refractivity contribution in [2.24, 2.45) is 5.16 Å². The highest BCUT2D eigenvalue weighted by Crippen LogP contribution is 1.95. The highest BCUT2D eigenvalue weighted by molar-refractivity contribution is 5.74. The van der Waals surface area contributed by atoms with Gasteiger partial charge in [-0.15, -0.1) is 0 Å². The molecule has 0 aliphatic carbocycles. The summed E-state index contributed by atoms with van der Waals surface area (Å²) < 4.78 is 5.01. The SMILES string of the molecule is CCCCO/N=C/c1ccco1. The number of furan rings is 1. The Morgan fingerprint density at radius 1 is 1.67 bits per heavy atom. The molecule has 0 radical (unpaired) electrons. The Balaban J connectivity index is 2.14. The smallest absolute Gasteiger partial charge is 0.148 e. The van der Waals surface area contributed by atoms with E-state index in [1.54, 1.807) is 12.5 Å². The molecular weight excluding hydrogens is 154 g/mol. The summed E-state index contributed by atoms with van der Waals surface area (Å²) in [4.78, 5) is 4.96. The molecule has 0 fully saturated rings. The van der Waals surface area contributed by atoms with Crippen LogP contribution in [0, 0.1) is 0 Å². The Kier molecular flexibility index (Phi) is 3.98. The number of nitrogens with zero attached hydrogens (tertiary/aromatic N) is 1. The molecule has 66 valence electrons. The molecule has 3 heteroatoms. The second-order valence-electron chi connectivity index (χ2n) is 2.44. The van der Waals surface area contributed by atoms with E-state index < -0.39 is 0 Å². The van der Waals surface area contributed by atoms with Crippen LogP contribution >= 0.6 is 0 Å². The number of unbranched alkanes of at least 4 members (excludes halogenated alkanes) is 1. The molecule has 1 rings (SSSR count). The van der Waals surface area contributed by atoms with Crippen molar-refractivity contribution in [3.05, 3.63) is 24.2 Å². The van der Waals surface area contributed by atoms with Crippen LogP contribution < -0.4 is 0 Å². The Morgan fingerprint density at radius 3 is 3.25 bits per heavy atom. The zero-order valence-corrected chi connectivity index (χ0v) is 7.19. The first-order valence-corrected chi connectivity index (χ1v) is 4.12. The molecule has 0 N–H and O–H groups in total. The molecule has 0 amide bonds. The van der Waals surface area contributed by atoms with Gasteiger partial charge < -0.3 is 9.25 Å². The van der Waals surface area contributed by atoms with E-state index in [0.29, 0.717) is 12.4 Å². The molecule has 0 bridgehead atoms. The van der Waals surface area contributed by atoms with E-state index in [4.69, 9.17) is 9.25 Å². The van der Waals surface area contributed by atoms with Gasteiger partial charge in [0.1, 0.15) is 18.6 Å². The molecule has 0 unspecified atom stereocenters. The first-order chi connectivity index (χ1) is 5.93. The highest BCUT2D eigenvalue weighted by atomic mass is 16.6. The first-order valence-electron chi connectivity index (χ1n) is 4.12. The zero-order valence-electron chi connectivity index (χ0n) is 7.19. The third-order valence-electron chi connectivity index (χ3n) is 1.39. The highest BCUT2D eigenvalue weighted by Gasteiger charge is 1.87. The molecular formula is C9H13NO2. The van der Waals surface area contributed by atoms with Gasteiger partial charge in [0, 0.05) is 0 Å². The predicted molar refractivity (Wildman–Crippen MR) is 47.2 cm³/mol. The number of rotatable bonds is 5. The lowest BCUT2D eigenvalue weighted by molar-refractivity contribution is 0.142. The minimum Gasteiger partial charge on any atom is -0.463 e. The van der Waals surface area contributed by atoms with Gasteiger partial charge in [-0.25, -0.2) is 0 Å². The van der Waals surface area contributed by atoms with E-state index in [1.807, 2.05) is 12.1 Å². The van der Waals surface area contributed by atoms with Gasteiger partial charge in [0.15, 0.2) is 0 Å². The number of hydrogen-bond acceptors (Lipinski definition) is 3. The largest absolute Gasteiger partial charge is 0.463 e. The first kappa shape index (κ1) is 8.84. The van der Waals surface area contributed by atoms with E-state index in [-0.39, 0.29) is 0 Å². The van der Waals surface area contributed by atoms with Crippen molar-refractivity contribution in [1.82, 2.24) is 0 Å². The lowest BCUT2D eigenvalue weighted by atomic mass is 10.4. The van der Waals surface area contributed by atoms with E-state index in [2.05, 4.69) is 12.1 Å². The summed E-state index contributed by atoms with van der Waals surface area (Å²) in [7, 11) is 0. The molecule has 0 aliphatic rings. The normalized spacial score (nSPS) is 10.8. The molecule has 0 aliphatic heterocycles. The maximum Gasteiger partial charge on any atom is 0.148 e. The van der Waals surface area contributed by atoms with Crippen LogP contribution in [0.2, 0.25) is 0 Å². The van der Waals surface area contributed by atoms with Crippen molar-refractivity contribution in [1.29, 1.82) is 0 Å². The van der Waals surface area contributed by atoms with Gasteiger partial charge in [-0.2, -0.15) is 0 Å². The van der Waals surface area contributed by atoms with Gasteiger partial charge in [-0.1, -0.05) is 18.5 Å². The molecule has 1 aromatic heterocycles. The number of hydrogen-bond donors (Lipinski definition) is 0. The van der Waals surface area contributed by atoms with Gasteiger partial charge in [-0.05, 0) is 18.6 Å². The molecule has 1 aromatic rings. The third-order valence-corrected chi connectivity index (χ3v) is 1.39. The molecule has 12 heavy (non-hydrogen) atoms. The van der Waals surface area contributed by atoms with Crippen LogP contribution in [0.5, 0.6) is 0 Å². The number of oxime groups is 1. The summed E-state index contributed by atoms with van der Waals surface area (Å²) in [5.74, 6) is 0.714. The summed E-state index contributed by atoms with van der Waals surface area (Å²) in [6.07, 6.45) is 5.33. The van der Waals surface area contributed by atoms with Crippen molar-refractivity contribution in [3.8, 4) is 0 Å². The maximum atomic E-state index is 5.01. The summed E-state index contributed by atoms with van der Waals surface area (Å²) in [6.45, 7) is 2.79. The Labute approximate surface area is 72.0 Å². The van der Waals surface area contributed by atoms with E-state index in [0.717, 1.165) is 12.8 Å². The summed E-state index contributed by atoms with van der Waals surface area (Å²) in [5, 5.41) is 3.73. The fourth-order valence-corrected chi connectivity index (χ4v) is 0.716. The second-order valence-corrected chi connectivity index (χ2v) is 2.44. The molecule has 0 saturated carbocycles. The van der Waals surface area contributed by atoms with Crippen molar-refractivity contribution in [3.63, 3.8) is 0 Å². The van der Waals surface area contributed by atoms with Crippen LogP contribution in [0.4, 0.5) is 0 Å². The molecule has 0 spiro atoms. The maximum absolute atomic E-state index is 5.01. The third kappa shape index (κ3) is 3.23.